The Morgan fingerprint density at radius 3 is 2.50 bits per heavy atom. The fraction of sp³-hybridized carbons (Fsp3) is 0.312. The normalized spacial score (nSPS) is 14.8. The molecule has 1 fully saturated rings. The van der Waals surface area contributed by atoms with Gasteiger partial charge < -0.3 is 10.2 Å². The summed E-state index contributed by atoms with van der Waals surface area (Å²) in [6.45, 7) is 0.300. The molecule has 0 spiro atoms. The van der Waals surface area contributed by atoms with Crippen molar-refractivity contribution in [3.8, 4) is 11.3 Å². The van der Waals surface area contributed by atoms with Crippen molar-refractivity contribution in [1.29, 1.82) is 0 Å². The monoisotopic (exact) mass is 370 g/mol. The number of likely N-dealkylation sites (tertiary alicyclic amines) is 1. The highest BCUT2D eigenvalue weighted by Crippen LogP contribution is 2.25. The third-order valence-corrected chi connectivity index (χ3v) is 4.06. The number of carbonyl (C=O) groups excluding carboxylic acids is 2. The maximum atomic E-state index is 13.0. The zero-order valence-corrected chi connectivity index (χ0v) is 13.3. The van der Waals surface area contributed by atoms with Crippen LogP contribution in [-0.4, -0.2) is 52.7 Å². The lowest BCUT2D eigenvalue weighted by Crippen LogP contribution is -2.54. The molecule has 2 amide bonds. The molecule has 0 radical (unpaired) electrons. The summed E-state index contributed by atoms with van der Waals surface area (Å²) >= 11 is 0. The molecule has 0 unspecified atom stereocenters. The summed E-state index contributed by atoms with van der Waals surface area (Å²) in [5, 5.41) is 8.34. The molecule has 3 rings (SSSR count). The lowest BCUT2D eigenvalue weighted by atomic mass is 9.98. The van der Waals surface area contributed by atoms with Gasteiger partial charge in [0, 0.05) is 31.1 Å². The van der Waals surface area contributed by atoms with Gasteiger partial charge in [-0.05, 0) is 24.3 Å². The molecule has 1 aliphatic heterocycles. The average Bonchev–Trinajstić information content (AvgIpc) is 3.02. The molecule has 1 aliphatic rings. The van der Waals surface area contributed by atoms with E-state index in [-0.39, 0.29) is 37.0 Å². The Bertz CT molecular complexity index is 810. The SMILES string of the molecule is O=C(c1cn[nH]c1-c1ccc(F)cc1)N1CC(CNC(=O)C(F)(F)F)C1. The second-order valence-corrected chi connectivity index (χ2v) is 5.95. The van der Waals surface area contributed by atoms with E-state index in [1.807, 2.05) is 0 Å². The largest absolute Gasteiger partial charge is 0.471 e. The van der Waals surface area contributed by atoms with Gasteiger partial charge in [0.1, 0.15) is 5.82 Å². The van der Waals surface area contributed by atoms with Crippen molar-refractivity contribution in [3.05, 3.63) is 41.8 Å². The summed E-state index contributed by atoms with van der Waals surface area (Å²) in [7, 11) is 0. The van der Waals surface area contributed by atoms with Gasteiger partial charge in [0.15, 0.2) is 0 Å². The number of H-pyrrole nitrogens is 1. The Morgan fingerprint density at radius 1 is 1.23 bits per heavy atom. The van der Waals surface area contributed by atoms with Gasteiger partial charge >= 0.3 is 12.1 Å². The van der Waals surface area contributed by atoms with Gasteiger partial charge in [0.2, 0.25) is 0 Å². The van der Waals surface area contributed by atoms with Gasteiger partial charge in [0.05, 0.1) is 17.5 Å². The van der Waals surface area contributed by atoms with Gasteiger partial charge in [-0.15, -0.1) is 0 Å². The second kappa shape index (κ2) is 6.77. The number of amides is 2. The van der Waals surface area contributed by atoms with E-state index in [0.717, 1.165) is 0 Å². The van der Waals surface area contributed by atoms with E-state index in [9.17, 15) is 27.2 Å². The van der Waals surface area contributed by atoms with Crippen LogP contribution in [0.2, 0.25) is 0 Å². The van der Waals surface area contributed by atoms with Gasteiger partial charge in [0.25, 0.3) is 5.91 Å². The molecule has 0 atom stereocenters. The van der Waals surface area contributed by atoms with Crippen LogP contribution >= 0.6 is 0 Å². The summed E-state index contributed by atoms with van der Waals surface area (Å²) < 4.78 is 49.4. The Labute approximate surface area is 145 Å². The minimum atomic E-state index is -4.92. The van der Waals surface area contributed by atoms with Crippen LogP contribution < -0.4 is 5.32 Å². The minimum absolute atomic E-state index is 0.154. The number of halogens is 4. The molecule has 2 N–H and O–H groups in total. The number of hydrogen-bond acceptors (Lipinski definition) is 3. The first-order chi connectivity index (χ1) is 12.3. The molecule has 1 aromatic heterocycles. The fourth-order valence-corrected chi connectivity index (χ4v) is 2.66. The van der Waals surface area contributed by atoms with Crippen LogP contribution in [0.1, 0.15) is 10.4 Å². The van der Waals surface area contributed by atoms with E-state index >= 15 is 0 Å². The number of benzene rings is 1. The molecule has 6 nitrogen and oxygen atoms in total. The highest BCUT2D eigenvalue weighted by molar-refractivity contribution is 6.00. The zero-order chi connectivity index (χ0) is 18.9. The van der Waals surface area contributed by atoms with Crippen molar-refractivity contribution in [2.24, 2.45) is 5.92 Å². The highest BCUT2D eigenvalue weighted by Gasteiger charge is 2.40. The number of rotatable bonds is 4. The Balaban J connectivity index is 1.58. The number of aromatic nitrogens is 2. The third kappa shape index (κ3) is 3.68. The predicted octanol–water partition coefficient (Wildman–Crippen LogP) is 1.97. The predicted molar refractivity (Wildman–Crippen MR) is 82.4 cm³/mol. The van der Waals surface area contributed by atoms with E-state index in [2.05, 4.69) is 10.2 Å². The highest BCUT2D eigenvalue weighted by atomic mass is 19.4. The maximum absolute atomic E-state index is 13.0. The van der Waals surface area contributed by atoms with Crippen molar-refractivity contribution in [1.82, 2.24) is 20.4 Å². The average molecular weight is 370 g/mol. The van der Waals surface area contributed by atoms with E-state index in [0.29, 0.717) is 11.3 Å². The van der Waals surface area contributed by atoms with Crippen LogP contribution in [0, 0.1) is 11.7 Å². The first kappa shape index (κ1) is 17.9. The zero-order valence-electron chi connectivity index (χ0n) is 13.3. The molecule has 1 saturated heterocycles. The van der Waals surface area contributed by atoms with E-state index in [1.165, 1.54) is 35.4 Å². The number of nitrogens with one attached hydrogen (secondary N) is 2. The molecule has 0 bridgehead atoms. The molecule has 138 valence electrons. The Morgan fingerprint density at radius 2 is 1.88 bits per heavy atom. The van der Waals surface area contributed by atoms with E-state index in [1.54, 1.807) is 5.32 Å². The van der Waals surface area contributed by atoms with E-state index in [4.69, 9.17) is 0 Å². The van der Waals surface area contributed by atoms with Crippen molar-refractivity contribution in [3.63, 3.8) is 0 Å². The molecular weight excluding hydrogens is 356 g/mol. The van der Waals surface area contributed by atoms with Crippen LogP contribution in [0.4, 0.5) is 17.6 Å². The summed E-state index contributed by atoms with van der Waals surface area (Å²) in [6.07, 6.45) is -3.57. The first-order valence-electron chi connectivity index (χ1n) is 7.69. The number of aromatic amines is 1. The maximum Gasteiger partial charge on any atom is 0.471 e. The summed E-state index contributed by atoms with van der Waals surface area (Å²) in [5.74, 6) is -2.98. The quantitative estimate of drug-likeness (QED) is 0.808. The molecule has 0 saturated carbocycles. The van der Waals surface area contributed by atoms with Gasteiger partial charge in [-0.1, -0.05) is 0 Å². The molecule has 26 heavy (non-hydrogen) atoms. The summed E-state index contributed by atoms with van der Waals surface area (Å²) in [4.78, 5) is 24.7. The van der Waals surface area contributed by atoms with Crippen LogP contribution in [0.3, 0.4) is 0 Å². The Hall–Kier alpha value is -2.91. The van der Waals surface area contributed by atoms with Crippen molar-refractivity contribution >= 4 is 11.8 Å². The fourth-order valence-electron chi connectivity index (χ4n) is 2.66. The standard InChI is InChI=1S/C16H14F4N4O2/c17-11-3-1-10(2-4-11)13-12(6-22-23-13)14(25)24-7-9(8-24)5-21-15(26)16(18,19)20/h1-4,6,9H,5,7-8H2,(H,21,26)(H,22,23). The molecule has 2 heterocycles. The first-order valence-corrected chi connectivity index (χ1v) is 7.69. The Kier molecular flexibility index (Phi) is 4.66. The van der Waals surface area contributed by atoms with Crippen LogP contribution in [0.15, 0.2) is 30.5 Å². The van der Waals surface area contributed by atoms with E-state index < -0.39 is 17.9 Å². The third-order valence-electron chi connectivity index (χ3n) is 4.06. The number of alkyl halides is 3. The number of carbonyl (C=O) groups is 2. The summed E-state index contributed by atoms with van der Waals surface area (Å²) in [6, 6.07) is 5.53. The van der Waals surface area contributed by atoms with Crippen molar-refractivity contribution in [2.75, 3.05) is 19.6 Å². The molecule has 0 aliphatic carbocycles. The number of hydrogen-bond donors (Lipinski definition) is 2. The smallest absolute Gasteiger partial charge is 0.348 e. The topological polar surface area (TPSA) is 78.1 Å². The van der Waals surface area contributed by atoms with Crippen LogP contribution in [-0.2, 0) is 4.79 Å². The van der Waals surface area contributed by atoms with Crippen LogP contribution in [0.5, 0.6) is 0 Å². The molecular formula is C16H14F4N4O2. The van der Waals surface area contributed by atoms with Crippen LogP contribution in [0.25, 0.3) is 11.3 Å². The van der Waals surface area contributed by atoms with Gasteiger partial charge in [-0.3, -0.25) is 14.7 Å². The summed E-state index contributed by atoms with van der Waals surface area (Å²) in [5.41, 5.74) is 1.31. The second-order valence-electron chi connectivity index (χ2n) is 5.95. The van der Waals surface area contributed by atoms with Crippen molar-refractivity contribution in [2.45, 2.75) is 6.18 Å². The van der Waals surface area contributed by atoms with Crippen molar-refractivity contribution < 1.29 is 27.2 Å². The molecule has 2 aromatic rings. The minimum Gasteiger partial charge on any atom is -0.348 e. The molecule has 10 heteroatoms. The van der Waals surface area contributed by atoms with Gasteiger partial charge in [-0.2, -0.15) is 18.3 Å². The van der Waals surface area contributed by atoms with Gasteiger partial charge in [-0.25, -0.2) is 4.39 Å². The molecule has 1 aromatic carbocycles. The number of nitrogens with zero attached hydrogens (tertiary/aromatic N) is 2. The lowest BCUT2D eigenvalue weighted by molar-refractivity contribution is -0.173. The lowest BCUT2D eigenvalue weighted by Gasteiger charge is -2.39.